The highest BCUT2D eigenvalue weighted by Gasteiger charge is 2.33. The predicted octanol–water partition coefficient (Wildman–Crippen LogP) is 2.53. The molecule has 7 heteroatoms. The summed E-state index contributed by atoms with van der Waals surface area (Å²) in [5.74, 6) is 1.78. The van der Waals surface area contributed by atoms with Gasteiger partial charge < -0.3 is 9.64 Å². The van der Waals surface area contributed by atoms with E-state index in [9.17, 15) is 4.79 Å². The lowest BCUT2D eigenvalue weighted by Gasteiger charge is -2.36. The topological polar surface area (TPSA) is 72.6 Å². The Bertz CT molecular complexity index is 1030. The van der Waals surface area contributed by atoms with Crippen molar-refractivity contribution >= 4 is 11.7 Å². The van der Waals surface area contributed by atoms with Crippen molar-refractivity contribution in [2.24, 2.45) is 0 Å². The number of amides is 1. The summed E-state index contributed by atoms with van der Waals surface area (Å²) in [5.41, 5.74) is 3.18. The molecule has 2 aliphatic rings. The lowest BCUT2D eigenvalue weighted by molar-refractivity contribution is -0.140. The number of benzene rings is 1. The smallest absolute Gasteiger partial charge is 0.263 e. The van der Waals surface area contributed by atoms with Crippen LogP contribution in [0, 0.1) is 6.92 Å². The third-order valence-electron chi connectivity index (χ3n) is 5.75. The van der Waals surface area contributed by atoms with Gasteiger partial charge >= 0.3 is 0 Å². The third-order valence-corrected chi connectivity index (χ3v) is 5.75. The quantitative estimate of drug-likeness (QED) is 0.686. The van der Waals surface area contributed by atoms with Gasteiger partial charge in [-0.3, -0.25) is 4.79 Å². The molecule has 4 heterocycles. The molecular weight excluding hydrogens is 354 g/mol. The van der Waals surface area contributed by atoms with Crippen LogP contribution in [0.1, 0.15) is 42.1 Å². The highest BCUT2D eigenvalue weighted by molar-refractivity contribution is 5.82. The molecule has 0 N–H and O–H groups in total. The zero-order valence-electron chi connectivity index (χ0n) is 15.9. The number of hydrogen-bond donors (Lipinski definition) is 0. The number of para-hydroxylation sites is 1. The Morgan fingerprint density at radius 2 is 2.14 bits per heavy atom. The summed E-state index contributed by atoms with van der Waals surface area (Å²) in [6, 6.07) is 10.1. The standard InChI is InChI=1S/C21H23N5O2/c1-14-11-17(26-21(24-14)22-13-23-26)16-6-4-10-25(12-16)20(27)19-9-8-15-5-2-3-7-18(15)28-19/h2-3,5,7,11,13,16,19H,4,6,8-10,12H2,1H3. The Kier molecular flexibility index (Phi) is 4.22. The maximum atomic E-state index is 13.2. The van der Waals surface area contributed by atoms with Gasteiger partial charge in [0.15, 0.2) is 6.10 Å². The molecule has 1 amide bonds. The van der Waals surface area contributed by atoms with E-state index in [0.29, 0.717) is 12.3 Å². The molecule has 1 aromatic carbocycles. The number of hydrogen-bond acceptors (Lipinski definition) is 5. The van der Waals surface area contributed by atoms with Gasteiger partial charge in [0.1, 0.15) is 12.1 Å². The number of nitrogens with zero attached hydrogens (tertiary/aromatic N) is 5. The van der Waals surface area contributed by atoms with Crippen molar-refractivity contribution in [1.82, 2.24) is 24.5 Å². The van der Waals surface area contributed by atoms with Crippen LogP contribution in [0.25, 0.3) is 5.78 Å². The second-order valence-corrected chi connectivity index (χ2v) is 7.67. The first-order valence-corrected chi connectivity index (χ1v) is 9.89. The molecule has 0 aliphatic carbocycles. The van der Waals surface area contributed by atoms with E-state index in [1.54, 1.807) is 4.52 Å². The monoisotopic (exact) mass is 377 g/mol. The third kappa shape index (κ3) is 3.00. The molecular formula is C21H23N5O2. The molecule has 0 spiro atoms. The van der Waals surface area contributed by atoms with Crippen molar-refractivity contribution in [2.45, 2.75) is 44.6 Å². The molecule has 1 fully saturated rings. The van der Waals surface area contributed by atoms with Crippen LogP contribution in [0.15, 0.2) is 36.7 Å². The first-order valence-electron chi connectivity index (χ1n) is 9.89. The molecule has 1 saturated heterocycles. The van der Waals surface area contributed by atoms with Gasteiger partial charge in [-0.25, -0.2) is 9.50 Å². The van der Waals surface area contributed by atoms with Crippen LogP contribution in [0.5, 0.6) is 5.75 Å². The van der Waals surface area contributed by atoms with Gasteiger partial charge in [0, 0.05) is 24.7 Å². The molecule has 0 saturated carbocycles. The zero-order valence-corrected chi connectivity index (χ0v) is 15.9. The van der Waals surface area contributed by atoms with Crippen LogP contribution >= 0.6 is 0 Å². The highest BCUT2D eigenvalue weighted by Crippen LogP contribution is 2.31. The summed E-state index contributed by atoms with van der Waals surface area (Å²) in [4.78, 5) is 23.8. The van der Waals surface area contributed by atoms with Gasteiger partial charge in [0.25, 0.3) is 11.7 Å². The van der Waals surface area contributed by atoms with Gasteiger partial charge in [-0.1, -0.05) is 18.2 Å². The normalized spacial score (nSPS) is 22.0. The molecule has 28 heavy (non-hydrogen) atoms. The van der Waals surface area contributed by atoms with Crippen molar-refractivity contribution in [1.29, 1.82) is 0 Å². The molecule has 5 rings (SSSR count). The van der Waals surface area contributed by atoms with E-state index in [2.05, 4.69) is 27.2 Å². The van der Waals surface area contributed by atoms with Crippen LogP contribution in [0.2, 0.25) is 0 Å². The fraction of sp³-hybridized carbons (Fsp3) is 0.429. The Balaban J connectivity index is 1.36. The molecule has 2 aliphatic heterocycles. The average molecular weight is 377 g/mol. The number of likely N-dealkylation sites (tertiary alicyclic amines) is 1. The second-order valence-electron chi connectivity index (χ2n) is 7.67. The average Bonchev–Trinajstić information content (AvgIpc) is 3.20. The van der Waals surface area contributed by atoms with Crippen LogP contribution in [-0.2, 0) is 11.2 Å². The number of aromatic nitrogens is 4. The molecule has 2 atom stereocenters. The minimum absolute atomic E-state index is 0.0971. The Morgan fingerprint density at radius 3 is 3.07 bits per heavy atom. The maximum Gasteiger partial charge on any atom is 0.263 e. The summed E-state index contributed by atoms with van der Waals surface area (Å²) in [5, 5.41) is 4.33. The number of carbonyl (C=O) groups excluding carboxylic acids is 1. The Morgan fingerprint density at radius 1 is 1.25 bits per heavy atom. The summed E-state index contributed by atoms with van der Waals surface area (Å²) >= 11 is 0. The molecule has 0 bridgehead atoms. The number of aryl methyl sites for hydroxylation is 2. The molecule has 144 valence electrons. The van der Waals surface area contributed by atoms with Crippen molar-refractivity contribution in [3.8, 4) is 5.75 Å². The molecule has 2 aromatic heterocycles. The van der Waals surface area contributed by atoms with E-state index in [4.69, 9.17) is 4.74 Å². The summed E-state index contributed by atoms with van der Waals surface area (Å²) in [6.07, 6.45) is 4.75. The van der Waals surface area contributed by atoms with E-state index in [1.807, 2.05) is 30.0 Å². The number of ether oxygens (including phenoxy) is 1. The lowest BCUT2D eigenvalue weighted by atomic mass is 9.93. The number of carbonyl (C=O) groups is 1. The minimum Gasteiger partial charge on any atom is -0.480 e. The van der Waals surface area contributed by atoms with E-state index in [-0.39, 0.29) is 17.9 Å². The SMILES string of the molecule is Cc1cc(C2CCCN(C(=O)C3CCc4ccccc4O3)C2)n2ncnc2n1. The number of piperidine rings is 1. The number of rotatable bonds is 2. The van der Waals surface area contributed by atoms with Gasteiger partial charge in [0.05, 0.1) is 5.69 Å². The van der Waals surface area contributed by atoms with Crippen molar-refractivity contribution in [3.05, 3.63) is 53.6 Å². The highest BCUT2D eigenvalue weighted by atomic mass is 16.5. The van der Waals surface area contributed by atoms with Crippen LogP contribution < -0.4 is 4.74 Å². The Labute approximate surface area is 163 Å². The van der Waals surface area contributed by atoms with Crippen LogP contribution in [0.4, 0.5) is 0 Å². The number of fused-ring (bicyclic) bond motifs is 2. The van der Waals surface area contributed by atoms with Crippen molar-refractivity contribution in [2.75, 3.05) is 13.1 Å². The largest absolute Gasteiger partial charge is 0.480 e. The van der Waals surface area contributed by atoms with E-state index in [1.165, 1.54) is 11.9 Å². The summed E-state index contributed by atoms with van der Waals surface area (Å²) in [7, 11) is 0. The second kappa shape index (κ2) is 6.89. The minimum atomic E-state index is -0.390. The lowest BCUT2D eigenvalue weighted by Crippen LogP contribution is -2.47. The Hall–Kier alpha value is -2.96. The van der Waals surface area contributed by atoms with Gasteiger partial charge in [-0.15, -0.1) is 0 Å². The van der Waals surface area contributed by atoms with E-state index in [0.717, 1.165) is 49.4 Å². The predicted molar refractivity (Wildman–Crippen MR) is 103 cm³/mol. The van der Waals surface area contributed by atoms with Crippen LogP contribution in [-0.4, -0.2) is 49.6 Å². The van der Waals surface area contributed by atoms with Gasteiger partial charge in [0.2, 0.25) is 0 Å². The van der Waals surface area contributed by atoms with E-state index < -0.39 is 0 Å². The summed E-state index contributed by atoms with van der Waals surface area (Å²) < 4.78 is 7.84. The molecule has 0 radical (unpaired) electrons. The molecule has 2 unspecified atom stereocenters. The zero-order chi connectivity index (χ0) is 19.1. The first kappa shape index (κ1) is 17.2. The fourth-order valence-electron chi connectivity index (χ4n) is 4.37. The summed E-state index contributed by atoms with van der Waals surface area (Å²) in [6.45, 7) is 3.43. The fourth-order valence-corrected chi connectivity index (χ4v) is 4.37. The maximum absolute atomic E-state index is 13.2. The van der Waals surface area contributed by atoms with Crippen molar-refractivity contribution < 1.29 is 9.53 Å². The van der Waals surface area contributed by atoms with Crippen LogP contribution in [0.3, 0.4) is 0 Å². The first-order chi connectivity index (χ1) is 13.7. The van der Waals surface area contributed by atoms with E-state index >= 15 is 0 Å². The van der Waals surface area contributed by atoms with Gasteiger partial charge in [-0.2, -0.15) is 10.1 Å². The molecule has 7 nitrogen and oxygen atoms in total. The molecule has 3 aromatic rings. The van der Waals surface area contributed by atoms with Gasteiger partial charge in [-0.05, 0) is 50.3 Å². The van der Waals surface area contributed by atoms with Crippen molar-refractivity contribution in [3.63, 3.8) is 0 Å².